The second-order valence-electron chi connectivity index (χ2n) is 5.12. The first kappa shape index (κ1) is 14.7. The van der Waals surface area contributed by atoms with Crippen LogP contribution in [-0.4, -0.2) is 37.0 Å². The number of rotatable bonds is 2. The summed E-state index contributed by atoms with van der Waals surface area (Å²) in [4.78, 5) is 15.4. The molecule has 1 aromatic rings. The Labute approximate surface area is 124 Å². The van der Waals surface area contributed by atoms with Crippen molar-refractivity contribution in [3.63, 3.8) is 0 Å². The van der Waals surface area contributed by atoms with Gasteiger partial charge < -0.3 is 9.80 Å². The number of carbonyl (C=O) groups is 1. The molecule has 0 atom stereocenters. The van der Waals surface area contributed by atoms with Crippen LogP contribution in [0, 0.1) is 11.3 Å². The third kappa shape index (κ3) is 3.05. The van der Waals surface area contributed by atoms with Gasteiger partial charge in [-0.25, -0.2) is 0 Å². The molecule has 2 rings (SSSR count). The largest absolute Gasteiger partial charge is 0.371 e. The maximum Gasteiger partial charge on any atom is 0.219 e. The molecule has 0 aromatic heterocycles. The SMILES string of the molecule is CC(=O)N(C)C1CCN(c2ccc(C#N)c(Cl)c2)CC1. The number of piperidine rings is 1. The number of amides is 1. The van der Waals surface area contributed by atoms with Crippen molar-refractivity contribution in [2.24, 2.45) is 0 Å². The lowest BCUT2D eigenvalue weighted by Gasteiger charge is -2.37. The first-order chi connectivity index (χ1) is 9.52. The predicted molar refractivity (Wildman–Crippen MR) is 79.8 cm³/mol. The van der Waals surface area contributed by atoms with Crippen LogP contribution >= 0.6 is 11.6 Å². The van der Waals surface area contributed by atoms with Gasteiger partial charge in [0.05, 0.1) is 10.6 Å². The zero-order valence-corrected chi connectivity index (χ0v) is 12.5. The van der Waals surface area contributed by atoms with Crippen molar-refractivity contribution in [2.45, 2.75) is 25.8 Å². The number of anilines is 1. The van der Waals surface area contributed by atoms with Crippen LogP contribution in [0.15, 0.2) is 18.2 Å². The van der Waals surface area contributed by atoms with Gasteiger partial charge in [0, 0.05) is 38.8 Å². The van der Waals surface area contributed by atoms with Gasteiger partial charge in [-0.15, -0.1) is 0 Å². The number of halogens is 1. The van der Waals surface area contributed by atoms with E-state index < -0.39 is 0 Å². The molecule has 20 heavy (non-hydrogen) atoms. The molecule has 5 heteroatoms. The van der Waals surface area contributed by atoms with E-state index in [1.807, 2.05) is 24.1 Å². The maximum atomic E-state index is 11.4. The fraction of sp³-hybridized carbons (Fsp3) is 0.467. The molecule has 1 heterocycles. The number of nitrogens with zero attached hydrogens (tertiary/aromatic N) is 3. The van der Waals surface area contributed by atoms with Gasteiger partial charge >= 0.3 is 0 Å². The lowest BCUT2D eigenvalue weighted by molar-refractivity contribution is -0.129. The number of carbonyl (C=O) groups excluding carboxylic acids is 1. The Morgan fingerprint density at radius 3 is 2.60 bits per heavy atom. The molecular formula is C15H18ClN3O. The van der Waals surface area contributed by atoms with Crippen molar-refractivity contribution in [1.29, 1.82) is 5.26 Å². The summed E-state index contributed by atoms with van der Waals surface area (Å²) in [5.74, 6) is 0.116. The van der Waals surface area contributed by atoms with E-state index in [1.165, 1.54) is 0 Å². The van der Waals surface area contributed by atoms with Gasteiger partial charge in [0.1, 0.15) is 6.07 Å². The summed E-state index contributed by atoms with van der Waals surface area (Å²) < 4.78 is 0. The van der Waals surface area contributed by atoms with Crippen molar-refractivity contribution in [3.8, 4) is 6.07 Å². The molecule has 106 valence electrons. The normalized spacial score (nSPS) is 15.8. The molecule has 1 aliphatic heterocycles. The fourth-order valence-electron chi connectivity index (χ4n) is 2.56. The summed E-state index contributed by atoms with van der Waals surface area (Å²) in [6, 6.07) is 7.91. The van der Waals surface area contributed by atoms with Crippen LogP contribution in [0.1, 0.15) is 25.3 Å². The summed E-state index contributed by atoms with van der Waals surface area (Å²) in [7, 11) is 1.86. The molecule has 0 spiro atoms. The number of hydrogen-bond donors (Lipinski definition) is 0. The van der Waals surface area contributed by atoms with E-state index in [4.69, 9.17) is 16.9 Å². The molecule has 1 fully saturated rings. The van der Waals surface area contributed by atoms with E-state index in [-0.39, 0.29) is 5.91 Å². The fourth-order valence-corrected chi connectivity index (χ4v) is 2.78. The van der Waals surface area contributed by atoms with Crippen molar-refractivity contribution in [3.05, 3.63) is 28.8 Å². The van der Waals surface area contributed by atoms with E-state index in [0.29, 0.717) is 16.6 Å². The zero-order valence-electron chi connectivity index (χ0n) is 11.8. The van der Waals surface area contributed by atoms with Crippen LogP contribution in [0.3, 0.4) is 0 Å². The topological polar surface area (TPSA) is 47.3 Å². The minimum Gasteiger partial charge on any atom is -0.371 e. The third-order valence-corrected chi connectivity index (χ3v) is 4.26. The summed E-state index contributed by atoms with van der Waals surface area (Å²) in [6.07, 6.45) is 1.90. The van der Waals surface area contributed by atoms with Crippen molar-refractivity contribution in [1.82, 2.24) is 4.90 Å². The molecule has 0 N–H and O–H groups in total. The van der Waals surface area contributed by atoms with Crippen molar-refractivity contribution in [2.75, 3.05) is 25.0 Å². The van der Waals surface area contributed by atoms with Gasteiger partial charge in [0.2, 0.25) is 5.91 Å². The molecule has 4 nitrogen and oxygen atoms in total. The average molecular weight is 292 g/mol. The molecule has 0 aliphatic carbocycles. The Morgan fingerprint density at radius 1 is 1.45 bits per heavy atom. The Kier molecular flexibility index (Phi) is 4.51. The first-order valence-corrected chi connectivity index (χ1v) is 7.08. The second kappa shape index (κ2) is 6.15. The van der Waals surface area contributed by atoms with Gasteiger partial charge in [0.15, 0.2) is 0 Å². The van der Waals surface area contributed by atoms with Crippen LogP contribution in [-0.2, 0) is 4.79 Å². The third-order valence-electron chi connectivity index (χ3n) is 3.95. The lowest BCUT2D eigenvalue weighted by atomic mass is 10.0. The Bertz CT molecular complexity index is 545. The molecule has 0 saturated carbocycles. The minimum atomic E-state index is 0.116. The van der Waals surface area contributed by atoms with Crippen LogP contribution in [0.4, 0.5) is 5.69 Å². The highest BCUT2D eigenvalue weighted by Gasteiger charge is 2.24. The molecule has 0 radical (unpaired) electrons. The summed E-state index contributed by atoms with van der Waals surface area (Å²) >= 11 is 6.07. The number of hydrogen-bond acceptors (Lipinski definition) is 3. The van der Waals surface area contributed by atoms with Crippen LogP contribution in [0.25, 0.3) is 0 Å². The number of benzene rings is 1. The smallest absolute Gasteiger partial charge is 0.219 e. The Balaban J connectivity index is 2.02. The van der Waals surface area contributed by atoms with E-state index in [0.717, 1.165) is 31.6 Å². The van der Waals surface area contributed by atoms with E-state index in [1.54, 1.807) is 13.0 Å². The van der Waals surface area contributed by atoms with E-state index in [2.05, 4.69) is 11.0 Å². The Hall–Kier alpha value is -1.73. The average Bonchev–Trinajstić information content (AvgIpc) is 2.46. The van der Waals surface area contributed by atoms with Gasteiger partial charge in [-0.05, 0) is 31.0 Å². The van der Waals surface area contributed by atoms with Crippen LogP contribution in [0.2, 0.25) is 5.02 Å². The predicted octanol–water partition coefficient (Wildman–Crippen LogP) is 2.66. The van der Waals surface area contributed by atoms with Gasteiger partial charge in [0.25, 0.3) is 0 Å². The van der Waals surface area contributed by atoms with Crippen LogP contribution < -0.4 is 4.90 Å². The molecule has 1 aromatic carbocycles. The number of nitriles is 1. The van der Waals surface area contributed by atoms with Crippen molar-refractivity contribution < 1.29 is 4.79 Å². The van der Waals surface area contributed by atoms with Crippen LogP contribution in [0.5, 0.6) is 0 Å². The molecule has 1 aliphatic rings. The first-order valence-electron chi connectivity index (χ1n) is 6.71. The Morgan fingerprint density at radius 2 is 2.10 bits per heavy atom. The van der Waals surface area contributed by atoms with Gasteiger partial charge in [-0.3, -0.25) is 4.79 Å². The van der Waals surface area contributed by atoms with E-state index in [9.17, 15) is 4.79 Å². The summed E-state index contributed by atoms with van der Waals surface area (Å²) in [6.45, 7) is 3.39. The highest BCUT2D eigenvalue weighted by atomic mass is 35.5. The zero-order chi connectivity index (χ0) is 14.7. The highest BCUT2D eigenvalue weighted by Crippen LogP contribution is 2.26. The molecule has 1 saturated heterocycles. The summed E-state index contributed by atoms with van der Waals surface area (Å²) in [5, 5.41) is 9.38. The highest BCUT2D eigenvalue weighted by molar-refractivity contribution is 6.32. The molecule has 1 amide bonds. The monoisotopic (exact) mass is 291 g/mol. The van der Waals surface area contributed by atoms with Crippen molar-refractivity contribution >= 4 is 23.2 Å². The minimum absolute atomic E-state index is 0.116. The van der Waals surface area contributed by atoms with Gasteiger partial charge in [-0.2, -0.15) is 5.26 Å². The molecule has 0 bridgehead atoms. The molecule has 0 unspecified atom stereocenters. The lowest BCUT2D eigenvalue weighted by Crippen LogP contribution is -2.45. The van der Waals surface area contributed by atoms with E-state index >= 15 is 0 Å². The molecular weight excluding hydrogens is 274 g/mol. The summed E-state index contributed by atoms with van der Waals surface area (Å²) in [5.41, 5.74) is 1.54. The quantitative estimate of drug-likeness (QED) is 0.841. The maximum absolute atomic E-state index is 11.4. The standard InChI is InChI=1S/C15H18ClN3O/c1-11(20)18(2)13-5-7-19(8-6-13)14-4-3-12(10-17)15(16)9-14/h3-4,9,13H,5-8H2,1-2H3. The second-order valence-corrected chi connectivity index (χ2v) is 5.53. The van der Waals surface area contributed by atoms with Gasteiger partial charge in [-0.1, -0.05) is 11.6 Å².